The molecule has 0 radical (unpaired) electrons. The third kappa shape index (κ3) is 3.42. The van der Waals surface area contributed by atoms with E-state index in [9.17, 15) is 9.59 Å². The zero-order valence-corrected chi connectivity index (χ0v) is 17.0. The van der Waals surface area contributed by atoms with E-state index in [4.69, 9.17) is 4.74 Å². The highest BCUT2D eigenvalue weighted by Crippen LogP contribution is 2.30. The van der Waals surface area contributed by atoms with Crippen molar-refractivity contribution in [2.45, 2.75) is 24.6 Å². The number of aryl methyl sites for hydroxylation is 1. The Morgan fingerprint density at radius 1 is 1.07 bits per heavy atom. The van der Waals surface area contributed by atoms with E-state index in [2.05, 4.69) is 22.3 Å². The first-order chi connectivity index (χ1) is 14.6. The normalized spacial score (nSPS) is 24.0. The van der Waals surface area contributed by atoms with E-state index >= 15 is 0 Å². The van der Waals surface area contributed by atoms with Crippen LogP contribution in [0.3, 0.4) is 0 Å². The Morgan fingerprint density at radius 2 is 1.83 bits per heavy atom. The van der Waals surface area contributed by atoms with Crippen LogP contribution < -0.4 is 10.9 Å². The molecule has 1 N–H and O–H groups in total. The molecule has 1 aromatic heterocycles. The van der Waals surface area contributed by atoms with Gasteiger partial charge in [0.05, 0.1) is 23.8 Å². The zero-order valence-electron chi connectivity index (χ0n) is 17.0. The maximum atomic E-state index is 13.1. The van der Waals surface area contributed by atoms with Gasteiger partial charge >= 0.3 is 0 Å². The number of hydrogen-bond donors (Lipinski definition) is 1. The van der Waals surface area contributed by atoms with Gasteiger partial charge in [-0.1, -0.05) is 48.5 Å². The maximum Gasteiger partial charge on any atom is 0.252 e. The van der Waals surface area contributed by atoms with Gasteiger partial charge < -0.3 is 14.6 Å². The fourth-order valence-electron chi connectivity index (χ4n) is 4.71. The SMILES string of the molecule is Cn1c(=O)cc(C(=O)N[C@H]2C[C@H]3CO[C@@H](c4ccccc4)CN3C2)c2ccccc21. The number of para-hydroxylation sites is 1. The van der Waals surface area contributed by atoms with E-state index in [0.717, 1.165) is 30.4 Å². The number of hydrogen-bond acceptors (Lipinski definition) is 4. The number of nitrogens with one attached hydrogen (secondary N) is 1. The summed E-state index contributed by atoms with van der Waals surface area (Å²) in [4.78, 5) is 27.8. The number of nitrogens with zero attached hydrogens (tertiary/aromatic N) is 2. The molecule has 2 aliphatic rings. The van der Waals surface area contributed by atoms with Gasteiger partial charge in [-0.3, -0.25) is 14.5 Å². The topological polar surface area (TPSA) is 63.6 Å². The van der Waals surface area contributed by atoms with Gasteiger partial charge in [0.25, 0.3) is 11.5 Å². The molecule has 2 saturated heterocycles. The minimum atomic E-state index is -0.186. The van der Waals surface area contributed by atoms with E-state index in [1.807, 2.05) is 42.5 Å². The molecule has 5 rings (SSSR count). The van der Waals surface area contributed by atoms with Crippen LogP contribution in [0.2, 0.25) is 0 Å². The van der Waals surface area contributed by atoms with Gasteiger partial charge in [0.1, 0.15) is 0 Å². The molecule has 0 saturated carbocycles. The third-order valence-electron chi connectivity index (χ3n) is 6.32. The molecule has 0 aliphatic carbocycles. The third-order valence-corrected chi connectivity index (χ3v) is 6.32. The Bertz CT molecular complexity index is 1140. The summed E-state index contributed by atoms with van der Waals surface area (Å²) in [7, 11) is 1.73. The van der Waals surface area contributed by atoms with Crippen LogP contribution in [0.4, 0.5) is 0 Å². The maximum absolute atomic E-state index is 13.1. The molecule has 0 spiro atoms. The fraction of sp³-hybridized carbons (Fsp3) is 0.333. The van der Waals surface area contributed by atoms with Crippen molar-refractivity contribution >= 4 is 16.8 Å². The quantitative estimate of drug-likeness (QED) is 0.730. The molecule has 1 amide bonds. The Kier molecular flexibility index (Phi) is 4.89. The van der Waals surface area contributed by atoms with Gasteiger partial charge in [-0.2, -0.15) is 0 Å². The van der Waals surface area contributed by atoms with Crippen molar-refractivity contribution in [2.75, 3.05) is 19.7 Å². The molecule has 0 bridgehead atoms. The summed E-state index contributed by atoms with van der Waals surface area (Å²) in [6, 6.07) is 19.6. The van der Waals surface area contributed by atoms with Gasteiger partial charge in [-0.05, 0) is 18.1 Å². The summed E-state index contributed by atoms with van der Waals surface area (Å²) in [6.45, 7) is 2.29. The van der Waals surface area contributed by atoms with Crippen LogP contribution >= 0.6 is 0 Å². The van der Waals surface area contributed by atoms with Crippen molar-refractivity contribution in [3.05, 3.63) is 82.1 Å². The average molecular weight is 403 g/mol. The first-order valence-electron chi connectivity index (χ1n) is 10.4. The van der Waals surface area contributed by atoms with Crippen molar-refractivity contribution in [2.24, 2.45) is 7.05 Å². The minimum absolute atomic E-state index is 0.0449. The number of carbonyl (C=O) groups is 1. The number of rotatable bonds is 3. The lowest BCUT2D eigenvalue weighted by molar-refractivity contribution is -0.0502. The minimum Gasteiger partial charge on any atom is -0.371 e. The molecule has 6 nitrogen and oxygen atoms in total. The van der Waals surface area contributed by atoms with Crippen LogP contribution in [0, 0.1) is 0 Å². The van der Waals surface area contributed by atoms with Crippen molar-refractivity contribution in [3.63, 3.8) is 0 Å². The van der Waals surface area contributed by atoms with Gasteiger partial charge in [0.2, 0.25) is 0 Å². The molecular formula is C24H25N3O3. The number of fused-ring (bicyclic) bond motifs is 2. The van der Waals surface area contributed by atoms with Crippen molar-refractivity contribution < 1.29 is 9.53 Å². The second kappa shape index (κ2) is 7.70. The Balaban J connectivity index is 1.31. The van der Waals surface area contributed by atoms with E-state index in [1.54, 1.807) is 11.6 Å². The summed E-state index contributed by atoms with van der Waals surface area (Å²) < 4.78 is 7.68. The molecule has 6 heteroatoms. The summed E-state index contributed by atoms with van der Waals surface area (Å²) in [5.41, 5.74) is 2.21. The van der Waals surface area contributed by atoms with Crippen LogP contribution in [0.1, 0.15) is 28.4 Å². The number of morpholine rings is 1. The molecule has 3 aromatic rings. The predicted molar refractivity (Wildman–Crippen MR) is 116 cm³/mol. The highest BCUT2D eigenvalue weighted by molar-refractivity contribution is 6.06. The van der Waals surface area contributed by atoms with Crippen molar-refractivity contribution in [1.29, 1.82) is 0 Å². The Labute approximate surface area is 175 Å². The summed E-state index contributed by atoms with van der Waals surface area (Å²) in [5.74, 6) is -0.186. The average Bonchev–Trinajstić information content (AvgIpc) is 3.18. The van der Waals surface area contributed by atoms with Crippen LogP contribution in [-0.4, -0.2) is 47.2 Å². The molecule has 30 heavy (non-hydrogen) atoms. The monoisotopic (exact) mass is 403 g/mol. The zero-order chi connectivity index (χ0) is 20.7. The van der Waals surface area contributed by atoms with Crippen LogP contribution in [0.15, 0.2) is 65.5 Å². The van der Waals surface area contributed by atoms with Crippen LogP contribution in [0.5, 0.6) is 0 Å². The van der Waals surface area contributed by atoms with E-state index in [1.165, 1.54) is 11.6 Å². The lowest BCUT2D eigenvalue weighted by Gasteiger charge is -2.35. The van der Waals surface area contributed by atoms with Crippen LogP contribution in [0.25, 0.3) is 10.9 Å². The number of carbonyl (C=O) groups excluding carboxylic acids is 1. The molecule has 0 unspecified atom stereocenters. The number of pyridine rings is 1. The number of ether oxygens (including phenoxy) is 1. The second-order valence-corrected chi connectivity index (χ2v) is 8.22. The second-order valence-electron chi connectivity index (χ2n) is 8.22. The largest absolute Gasteiger partial charge is 0.371 e. The fourth-order valence-corrected chi connectivity index (χ4v) is 4.71. The van der Waals surface area contributed by atoms with Gasteiger partial charge in [-0.25, -0.2) is 0 Å². The first kappa shape index (κ1) is 19.0. The highest BCUT2D eigenvalue weighted by atomic mass is 16.5. The van der Waals surface area contributed by atoms with Crippen molar-refractivity contribution in [1.82, 2.24) is 14.8 Å². The Morgan fingerprint density at radius 3 is 2.67 bits per heavy atom. The smallest absolute Gasteiger partial charge is 0.252 e. The number of amides is 1. The number of aromatic nitrogens is 1. The molecule has 154 valence electrons. The van der Waals surface area contributed by atoms with E-state index in [-0.39, 0.29) is 23.6 Å². The van der Waals surface area contributed by atoms with Gasteiger partial charge in [0.15, 0.2) is 0 Å². The lowest BCUT2D eigenvalue weighted by atomic mass is 10.1. The van der Waals surface area contributed by atoms with E-state index < -0.39 is 0 Å². The standard InChI is InChI=1S/C24H25N3O3/c1-26-21-10-6-5-9-19(21)20(12-23(26)28)24(29)25-17-11-18-15-30-22(14-27(18)13-17)16-7-3-2-4-8-16/h2-10,12,17-18,22H,11,13-15H2,1H3,(H,25,29)/t17-,18-,22+/m0/s1. The summed E-state index contributed by atoms with van der Waals surface area (Å²) in [6.07, 6.45) is 0.925. The van der Waals surface area contributed by atoms with Gasteiger partial charge in [0, 0.05) is 43.7 Å². The molecule has 3 heterocycles. The summed E-state index contributed by atoms with van der Waals surface area (Å²) >= 11 is 0. The summed E-state index contributed by atoms with van der Waals surface area (Å²) in [5, 5.41) is 3.95. The molecule has 2 aromatic carbocycles. The number of benzene rings is 2. The predicted octanol–water partition coefficient (Wildman–Crippen LogP) is 2.48. The van der Waals surface area contributed by atoms with Gasteiger partial charge in [-0.15, -0.1) is 0 Å². The highest BCUT2D eigenvalue weighted by Gasteiger charge is 2.38. The molecule has 3 atom stereocenters. The lowest BCUT2D eigenvalue weighted by Crippen LogP contribution is -2.43. The molecule has 2 fully saturated rings. The molecular weight excluding hydrogens is 378 g/mol. The van der Waals surface area contributed by atoms with Crippen LogP contribution in [-0.2, 0) is 11.8 Å². The van der Waals surface area contributed by atoms with E-state index in [0.29, 0.717) is 18.2 Å². The molecule has 2 aliphatic heterocycles. The Hall–Kier alpha value is -2.96. The first-order valence-corrected chi connectivity index (χ1v) is 10.4. The van der Waals surface area contributed by atoms with Crippen molar-refractivity contribution in [3.8, 4) is 0 Å².